The van der Waals surface area contributed by atoms with Gasteiger partial charge in [0.1, 0.15) is 6.61 Å². The van der Waals surface area contributed by atoms with E-state index in [1.54, 1.807) is 0 Å². The molecule has 2 N–H and O–H groups in total. The number of nitrogens with one attached hydrogen (secondary N) is 2. The van der Waals surface area contributed by atoms with E-state index in [2.05, 4.69) is 10.6 Å². The van der Waals surface area contributed by atoms with E-state index in [1.807, 2.05) is 64.9 Å². The van der Waals surface area contributed by atoms with Crippen LogP contribution in [0, 0.1) is 0 Å². The standard InChI is InChI=1S/C26H28N4O3S/c31-24(28-21-12-13-21)20-10-8-19(9-11-20)23-17-34-25(29-23)27-15-22-7-4-14-30(22)26(32)33-16-18-5-2-1-3-6-18/h1-3,5-6,8-11,17,21-22H,4,7,12-16H2,(H,27,29)(H,28,31)/t22-/m1/s1. The first kappa shape index (κ1) is 22.4. The number of hydrogen-bond acceptors (Lipinski definition) is 6. The number of anilines is 1. The van der Waals surface area contributed by atoms with Gasteiger partial charge >= 0.3 is 6.09 Å². The lowest BCUT2D eigenvalue weighted by molar-refractivity contribution is 0.0933. The lowest BCUT2D eigenvalue weighted by Gasteiger charge is -2.24. The Hall–Kier alpha value is -3.39. The minimum absolute atomic E-state index is 0.0157. The molecule has 1 atom stereocenters. The Morgan fingerprint density at radius 3 is 2.62 bits per heavy atom. The summed E-state index contributed by atoms with van der Waals surface area (Å²) in [6.45, 7) is 1.63. The number of nitrogens with zero attached hydrogens (tertiary/aromatic N) is 2. The molecule has 8 heteroatoms. The van der Waals surface area contributed by atoms with Gasteiger partial charge in [0, 0.05) is 35.6 Å². The van der Waals surface area contributed by atoms with Crippen LogP contribution in [-0.2, 0) is 11.3 Å². The number of likely N-dealkylation sites (tertiary alicyclic amines) is 1. The van der Waals surface area contributed by atoms with Gasteiger partial charge in [-0.05, 0) is 43.4 Å². The highest BCUT2D eigenvalue weighted by atomic mass is 32.1. The average Bonchev–Trinajstić information content (AvgIpc) is 3.35. The zero-order valence-electron chi connectivity index (χ0n) is 18.9. The van der Waals surface area contributed by atoms with Crippen molar-refractivity contribution in [2.75, 3.05) is 18.4 Å². The number of thiazole rings is 1. The molecule has 7 nitrogen and oxygen atoms in total. The van der Waals surface area contributed by atoms with Crippen LogP contribution in [0.2, 0.25) is 0 Å². The topological polar surface area (TPSA) is 83.6 Å². The summed E-state index contributed by atoms with van der Waals surface area (Å²) in [5.41, 5.74) is 3.49. The van der Waals surface area contributed by atoms with Crippen LogP contribution in [0.25, 0.3) is 11.3 Å². The van der Waals surface area contributed by atoms with Crippen LogP contribution in [0.1, 0.15) is 41.6 Å². The molecule has 2 aromatic carbocycles. The molecule has 1 saturated carbocycles. The van der Waals surface area contributed by atoms with Gasteiger partial charge in [-0.3, -0.25) is 4.79 Å². The van der Waals surface area contributed by atoms with Crippen molar-refractivity contribution >= 4 is 28.5 Å². The second-order valence-electron chi connectivity index (χ2n) is 8.77. The molecule has 34 heavy (non-hydrogen) atoms. The minimum Gasteiger partial charge on any atom is -0.445 e. The smallest absolute Gasteiger partial charge is 0.410 e. The molecule has 1 aliphatic carbocycles. The highest BCUT2D eigenvalue weighted by Crippen LogP contribution is 2.27. The molecular formula is C26H28N4O3S. The predicted molar refractivity (Wildman–Crippen MR) is 133 cm³/mol. The second kappa shape index (κ2) is 10.3. The van der Waals surface area contributed by atoms with Crippen molar-refractivity contribution in [3.8, 4) is 11.3 Å². The van der Waals surface area contributed by atoms with E-state index in [4.69, 9.17) is 9.72 Å². The molecule has 1 aliphatic heterocycles. The number of carbonyl (C=O) groups excluding carboxylic acids is 2. The normalized spacial score (nSPS) is 17.4. The van der Waals surface area contributed by atoms with Gasteiger partial charge in [0.2, 0.25) is 0 Å². The molecule has 2 heterocycles. The second-order valence-corrected chi connectivity index (χ2v) is 9.63. The summed E-state index contributed by atoms with van der Waals surface area (Å²) < 4.78 is 5.52. The van der Waals surface area contributed by atoms with Crippen molar-refractivity contribution in [1.82, 2.24) is 15.2 Å². The fraction of sp³-hybridized carbons (Fsp3) is 0.346. The zero-order chi connectivity index (χ0) is 23.3. The molecule has 1 saturated heterocycles. The van der Waals surface area contributed by atoms with Crippen LogP contribution in [0.4, 0.5) is 9.93 Å². The van der Waals surface area contributed by atoms with E-state index in [9.17, 15) is 9.59 Å². The number of ether oxygens (including phenoxy) is 1. The quantitative estimate of drug-likeness (QED) is 0.482. The predicted octanol–water partition coefficient (Wildman–Crippen LogP) is 4.92. The van der Waals surface area contributed by atoms with Crippen molar-refractivity contribution in [1.29, 1.82) is 0 Å². The summed E-state index contributed by atoms with van der Waals surface area (Å²) in [6.07, 6.45) is 3.79. The van der Waals surface area contributed by atoms with Crippen LogP contribution >= 0.6 is 11.3 Å². The number of amides is 2. The Morgan fingerprint density at radius 1 is 1.06 bits per heavy atom. The largest absolute Gasteiger partial charge is 0.445 e. The van der Waals surface area contributed by atoms with Gasteiger partial charge in [0.25, 0.3) is 5.91 Å². The molecule has 0 spiro atoms. The maximum absolute atomic E-state index is 12.6. The van der Waals surface area contributed by atoms with Gasteiger partial charge in [-0.25, -0.2) is 9.78 Å². The highest BCUT2D eigenvalue weighted by Gasteiger charge is 2.30. The Morgan fingerprint density at radius 2 is 1.85 bits per heavy atom. The van der Waals surface area contributed by atoms with Crippen LogP contribution < -0.4 is 10.6 Å². The molecule has 176 valence electrons. The first-order valence-corrected chi connectivity index (χ1v) is 12.6. The molecule has 2 aliphatic rings. The number of aromatic nitrogens is 1. The van der Waals surface area contributed by atoms with Crippen LogP contribution in [0.3, 0.4) is 0 Å². The Balaban J connectivity index is 1.13. The van der Waals surface area contributed by atoms with Crippen LogP contribution in [0.15, 0.2) is 60.0 Å². The van der Waals surface area contributed by atoms with Gasteiger partial charge in [0.15, 0.2) is 5.13 Å². The summed E-state index contributed by atoms with van der Waals surface area (Å²) in [6, 6.07) is 17.7. The Labute approximate surface area is 203 Å². The zero-order valence-corrected chi connectivity index (χ0v) is 19.7. The monoisotopic (exact) mass is 476 g/mol. The third-order valence-corrected chi connectivity index (χ3v) is 6.97. The van der Waals surface area contributed by atoms with E-state index in [-0.39, 0.29) is 24.6 Å². The SMILES string of the molecule is O=C(NC1CC1)c1ccc(-c2csc(NC[C@H]3CCCN3C(=O)OCc3ccccc3)n2)cc1. The van der Waals surface area contributed by atoms with E-state index in [0.29, 0.717) is 24.7 Å². The first-order chi connectivity index (χ1) is 16.7. The maximum atomic E-state index is 12.6. The van der Waals surface area contributed by atoms with Gasteiger partial charge in [0.05, 0.1) is 11.7 Å². The number of benzene rings is 2. The average molecular weight is 477 g/mol. The molecule has 0 bridgehead atoms. The Kier molecular flexibility index (Phi) is 6.76. The number of rotatable bonds is 8. The molecule has 0 unspecified atom stereocenters. The molecular weight excluding hydrogens is 448 g/mol. The summed E-state index contributed by atoms with van der Waals surface area (Å²) in [7, 11) is 0. The summed E-state index contributed by atoms with van der Waals surface area (Å²) >= 11 is 1.54. The van der Waals surface area contributed by atoms with Crippen LogP contribution in [0.5, 0.6) is 0 Å². The third kappa shape index (κ3) is 5.56. The number of carbonyl (C=O) groups is 2. The van der Waals surface area contributed by atoms with E-state index >= 15 is 0 Å². The lowest BCUT2D eigenvalue weighted by Crippen LogP contribution is -2.39. The number of hydrogen-bond donors (Lipinski definition) is 2. The van der Waals surface area contributed by atoms with E-state index in [1.165, 1.54) is 11.3 Å². The summed E-state index contributed by atoms with van der Waals surface area (Å²) in [5.74, 6) is -0.0157. The third-order valence-electron chi connectivity index (χ3n) is 6.17. The molecule has 2 amide bonds. The summed E-state index contributed by atoms with van der Waals surface area (Å²) in [5, 5.41) is 9.21. The van der Waals surface area contributed by atoms with Gasteiger partial charge in [-0.2, -0.15) is 0 Å². The van der Waals surface area contributed by atoms with Crippen molar-refractivity contribution in [2.45, 2.75) is 44.4 Å². The van der Waals surface area contributed by atoms with E-state index in [0.717, 1.165) is 47.6 Å². The van der Waals surface area contributed by atoms with Crippen molar-refractivity contribution in [3.05, 3.63) is 71.1 Å². The maximum Gasteiger partial charge on any atom is 0.410 e. The van der Waals surface area contributed by atoms with Crippen LogP contribution in [-0.4, -0.2) is 47.1 Å². The van der Waals surface area contributed by atoms with Gasteiger partial charge < -0.3 is 20.3 Å². The molecule has 0 radical (unpaired) electrons. The molecule has 1 aromatic heterocycles. The Bertz CT molecular complexity index is 1130. The first-order valence-electron chi connectivity index (χ1n) is 11.7. The molecule has 5 rings (SSSR count). The minimum atomic E-state index is -0.265. The fourth-order valence-electron chi connectivity index (χ4n) is 4.07. The summed E-state index contributed by atoms with van der Waals surface area (Å²) in [4.78, 5) is 31.3. The van der Waals surface area contributed by atoms with Gasteiger partial charge in [-0.15, -0.1) is 11.3 Å². The van der Waals surface area contributed by atoms with Gasteiger partial charge in [-0.1, -0.05) is 42.5 Å². The van der Waals surface area contributed by atoms with Crippen molar-refractivity contribution in [3.63, 3.8) is 0 Å². The van der Waals surface area contributed by atoms with Crippen molar-refractivity contribution in [2.24, 2.45) is 0 Å². The highest BCUT2D eigenvalue weighted by molar-refractivity contribution is 7.14. The molecule has 2 fully saturated rings. The lowest BCUT2D eigenvalue weighted by atomic mass is 10.1. The molecule has 3 aromatic rings. The van der Waals surface area contributed by atoms with Crippen molar-refractivity contribution < 1.29 is 14.3 Å². The fourth-order valence-corrected chi connectivity index (χ4v) is 4.80. The van der Waals surface area contributed by atoms with E-state index < -0.39 is 0 Å².